The fourth-order valence-electron chi connectivity index (χ4n) is 2.59. The molecule has 1 heterocycles. The summed E-state index contributed by atoms with van der Waals surface area (Å²) >= 11 is 7.42. The molecular weight excluding hydrogens is 400 g/mol. The van der Waals surface area contributed by atoms with Crippen molar-refractivity contribution >= 4 is 40.8 Å². The van der Waals surface area contributed by atoms with Gasteiger partial charge in [-0.3, -0.25) is 4.79 Å². The van der Waals surface area contributed by atoms with Crippen LogP contribution in [0.25, 0.3) is 0 Å². The molecule has 3 aromatic rings. The average molecular weight is 417 g/mol. The Morgan fingerprint density at radius 1 is 1.25 bits per heavy atom. The van der Waals surface area contributed by atoms with Gasteiger partial charge in [0, 0.05) is 14.8 Å². The maximum absolute atomic E-state index is 12.7. The number of amides is 1. The number of hydrogen-bond acceptors (Lipinski definition) is 5. The predicted octanol–water partition coefficient (Wildman–Crippen LogP) is 5.10. The molecule has 0 spiro atoms. The van der Waals surface area contributed by atoms with Gasteiger partial charge in [-0.25, -0.2) is 0 Å². The van der Waals surface area contributed by atoms with Gasteiger partial charge in [-0.05, 0) is 55.2 Å². The molecule has 0 saturated carbocycles. The van der Waals surface area contributed by atoms with Gasteiger partial charge < -0.3 is 15.4 Å². The molecule has 0 aliphatic carbocycles. The summed E-state index contributed by atoms with van der Waals surface area (Å²) < 4.78 is 1.35. The molecule has 0 fully saturated rings. The van der Waals surface area contributed by atoms with E-state index in [0.717, 1.165) is 9.79 Å². The highest BCUT2D eigenvalue weighted by Crippen LogP contribution is 2.34. The quantitative estimate of drug-likeness (QED) is 0.445. The molecule has 0 aliphatic rings. The van der Waals surface area contributed by atoms with Crippen molar-refractivity contribution < 1.29 is 9.72 Å². The van der Waals surface area contributed by atoms with E-state index in [1.165, 1.54) is 22.5 Å². The normalized spacial score (nSPS) is 11.8. The van der Waals surface area contributed by atoms with Gasteiger partial charge in [0.15, 0.2) is 0 Å². The van der Waals surface area contributed by atoms with Crippen molar-refractivity contribution in [2.45, 2.75) is 29.7 Å². The number of nitro groups is 1. The number of rotatable bonds is 6. The van der Waals surface area contributed by atoms with E-state index in [1.807, 2.05) is 30.3 Å². The van der Waals surface area contributed by atoms with Gasteiger partial charge in [0.1, 0.15) is 6.04 Å². The third-order valence-electron chi connectivity index (χ3n) is 4.03. The standard InChI is InChI=1S/C19H17ClN4O3S/c1-12-11-18(24(26)27)22-23(12)13(2)19(25)21-16-5-3-4-6-17(16)28-15-9-7-14(20)8-10-15/h3-11,13H,1-2H3,(H,21,25). The van der Waals surface area contributed by atoms with Crippen molar-refractivity contribution in [3.8, 4) is 0 Å². The number of carbonyl (C=O) groups excluding carboxylic acids is 1. The molecule has 0 aliphatic heterocycles. The first kappa shape index (κ1) is 19.9. The summed E-state index contributed by atoms with van der Waals surface area (Å²) in [6.07, 6.45) is 0. The number of aromatic nitrogens is 2. The highest BCUT2D eigenvalue weighted by Gasteiger charge is 2.25. The van der Waals surface area contributed by atoms with Gasteiger partial charge in [0.05, 0.1) is 22.5 Å². The van der Waals surface area contributed by atoms with Crippen LogP contribution in [0.15, 0.2) is 64.4 Å². The molecule has 1 unspecified atom stereocenters. The van der Waals surface area contributed by atoms with Gasteiger partial charge >= 0.3 is 5.82 Å². The third-order valence-corrected chi connectivity index (χ3v) is 5.37. The molecule has 28 heavy (non-hydrogen) atoms. The second kappa shape index (κ2) is 8.45. The lowest BCUT2D eigenvalue weighted by Crippen LogP contribution is -2.25. The Labute approximate surface area is 170 Å². The Balaban J connectivity index is 1.78. The van der Waals surface area contributed by atoms with Gasteiger partial charge in [-0.2, -0.15) is 4.68 Å². The molecule has 3 rings (SSSR count). The van der Waals surface area contributed by atoms with Crippen LogP contribution in [0.2, 0.25) is 5.02 Å². The van der Waals surface area contributed by atoms with E-state index in [4.69, 9.17) is 11.6 Å². The van der Waals surface area contributed by atoms with Crippen LogP contribution in [0, 0.1) is 17.0 Å². The van der Waals surface area contributed by atoms with Crippen LogP contribution in [-0.4, -0.2) is 20.6 Å². The van der Waals surface area contributed by atoms with Crippen molar-refractivity contribution in [2.75, 3.05) is 5.32 Å². The number of halogens is 1. The Hall–Kier alpha value is -2.84. The minimum Gasteiger partial charge on any atom is -0.358 e. The number of hydrogen-bond donors (Lipinski definition) is 1. The molecule has 1 atom stereocenters. The first-order valence-corrected chi connectivity index (χ1v) is 9.58. The number of aryl methyl sites for hydroxylation is 1. The topological polar surface area (TPSA) is 90.1 Å². The van der Waals surface area contributed by atoms with Crippen LogP contribution < -0.4 is 5.32 Å². The molecule has 9 heteroatoms. The first-order valence-electron chi connectivity index (χ1n) is 8.39. The zero-order valence-corrected chi connectivity index (χ0v) is 16.7. The largest absolute Gasteiger partial charge is 0.390 e. The fourth-order valence-corrected chi connectivity index (χ4v) is 3.62. The SMILES string of the molecule is Cc1cc([N+](=O)[O-])nn1C(C)C(=O)Nc1ccccc1Sc1ccc(Cl)cc1. The molecule has 1 N–H and O–H groups in total. The Morgan fingerprint density at radius 3 is 2.57 bits per heavy atom. The lowest BCUT2D eigenvalue weighted by Gasteiger charge is -2.14. The summed E-state index contributed by atoms with van der Waals surface area (Å²) in [7, 11) is 0. The Kier molecular flexibility index (Phi) is 6.01. The molecule has 0 radical (unpaired) electrons. The van der Waals surface area contributed by atoms with Crippen molar-refractivity contribution in [1.29, 1.82) is 0 Å². The smallest absolute Gasteiger partial charge is 0.358 e. The van der Waals surface area contributed by atoms with Crippen LogP contribution in [0.5, 0.6) is 0 Å². The number of nitrogens with one attached hydrogen (secondary N) is 1. The van der Waals surface area contributed by atoms with Gasteiger partial charge in [-0.15, -0.1) is 0 Å². The Bertz CT molecular complexity index is 1020. The van der Waals surface area contributed by atoms with Gasteiger partial charge in [0.2, 0.25) is 0 Å². The lowest BCUT2D eigenvalue weighted by atomic mass is 10.2. The van der Waals surface area contributed by atoms with E-state index in [1.54, 1.807) is 32.0 Å². The summed E-state index contributed by atoms with van der Waals surface area (Å²) in [5, 5.41) is 18.4. The van der Waals surface area contributed by atoms with Crippen molar-refractivity contribution in [2.24, 2.45) is 0 Å². The highest BCUT2D eigenvalue weighted by atomic mass is 35.5. The third kappa shape index (κ3) is 4.52. The number of anilines is 1. The fraction of sp³-hybridized carbons (Fsp3) is 0.158. The summed E-state index contributed by atoms with van der Waals surface area (Å²) in [6.45, 7) is 3.32. The van der Waals surface area contributed by atoms with Crippen LogP contribution in [0.4, 0.5) is 11.5 Å². The zero-order valence-electron chi connectivity index (χ0n) is 15.1. The van der Waals surface area contributed by atoms with Gasteiger partial charge in [-0.1, -0.05) is 35.5 Å². The van der Waals surface area contributed by atoms with Gasteiger partial charge in [0.25, 0.3) is 5.91 Å². The van der Waals surface area contributed by atoms with Crippen LogP contribution >= 0.6 is 23.4 Å². The Morgan fingerprint density at radius 2 is 1.93 bits per heavy atom. The zero-order chi connectivity index (χ0) is 20.3. The van der Waals surface area contributed by atoms with E-state index in [0.29, 0.717) is 16.4 Å². The van der Waals surface area contributed by atoms with E-state index in [2.05, 4.69) is 10.4 Å². The molecule has 1 aromatic heterocycles. The number of para-hydroxylation sites is 1. The second-order valence-electron chi connectivity index (χ2n) is 6.06. The van der Waals surface area contributed by atoms with Crippen molar-refractivity contribution in [3.05, 3.63) is 75.4 Å². The van der Waals surface area contributed by atoms with E-state index in [9.17, 15) is 14.9 Å². The minimum atomic E-state index is -0.706. The monoisotopic (exact) mass is 416 g/mol. The van der Waals surface area contributed by atoms with Crippen molar-refractivity contribution in [3.63, 3.8) is 0 Å². The maximum atomic E-state index is 12.7. The summed E-state index contributed by atoms with van der Waals surface area (Å²) in [5.41, 5.74) is 1.19. The molecule has 1 amide bonds. The van der Waals surface area contributed by atoms with Crippen molar-refractivity contribution in [1.82, 2.24) is 9.78 Å². The summed E-state index contributed by atoms with van der Waals surface area (Å²) in [4.78, 5) is 24.9. The second-order valence-corrected chi connectivity index (χ2v) is 7.61. The van der Waals surface area contributed by atoms with Crippen LogP contribution in [0.1, 0.15) is 18.7 Å². The minimum absolute atomic E-state index is 0.282. The molecule has 0 bridgehead atoms. The molecule has 7 nitrogen and oxygen atoms in total. The predicted molar refractivity (Wildman–Crippen MR) is 109 cm³/mol. The average Bonchev–Trinajstić information content (AvgIpc) is 3.06. The maximum Gasteiger partial charge on any atom is 0.390 e. The summed E-state index contributed by atoms with van der Waals surface area (Å²) in [6, 6.07) is 15.5. The first-order chi connectivity index (χ1) is 13.3. The van der Waals surface area contributed by atoms with E-state index < -0.39 is 11.0 Å². The summed E-state index contributed by atoms with van der Waals surface area (Å²) in [5.74, 6) is -0.596. The van der Waals surface area contributed by atoms with E-state index in [-0.39, 0.29) is 11.7 Å². The molecule has 144 valence electrons. The molecule has 0 saturated heterocycles. The highest BCUT2D eigenvalue weighted by molar-refractivity contribution is 7.99. The number of carbonyl (C=O) groups is 1. The van der Waals surface area contributed by atoms with Crippen LogP contribution in [0.3, 0.4) is 0 Å². The lowest BCUT2D eigenvalue weighted by molar-refractivity contribution is -0.389. The molecule has 2 aromatic carbocycles. The number of nitrogens with zero attached hydrogens (tertiary/aromatic N) is 3. The van der Waals surface area contributed by atoms with Crippen LogP contribution in [-0.2, 0) is 4.79 Å². The van der Waals surface area contributed by atoms with E-state index >= 15 is 0 Å². The number of benzene rings is 2. The molecular formula is C19H17ClN4O3S.